The van der Waals surface area contributed by atoms with Crippen LogP contribution in [0, 0.1) is 11.8 Å². The number of hydrogen-bond donors (Lipinski definition) is 2. The third-order valence-electron chi connectivity index (χ3n) is 13.3. The molecule has 16 nitrogen and oxygen atoms in total. The Morgan fingerprint density at radius 2 is 1.59 bits per heavy atom. The molecule has 3 N–H and O–H groups in total. The molecule has 2 aromatic carbocycles. The van der Waals surface area contributed by atoms with Crippen molar-refractivity contribution in [3.63, 3.8) is 0 Å². The number of nitrogens with zero attached hydrogens (tertiary/aromatic N) is 8. The van der Waals surface area contributed by atoms with E-state index in [4.69, 9.17) is 10.7 Å². The highest BCUT2D eigenvalue weighted by molar-refractivity contribution is 6.23. The Labute approximate surface area is 342 Å². The van der Waals surface area contributed by atoms with Crippen LogP contribution in [-0.2, 0) is 22.6 Å². The van der Waals surface area contributed by atoms with E-state index in [1.54, 1.807) is 23.2 Å². The molecular weight excluding hydrogens is 753 g/mol. The predicted octanol–water partition coefficient (Wildman–Crippen LogP) is 2.25. The molecule has 0 bridgehead atoms. The monoisotopic (exact) mass is 802 g/mol. The summed E-state index contributed by atoms with van der Waals surface area (Å²) in [7, 11) is 1.84. The standard InChI is InChI=1S/C43H50N10O6/c1-48-17-18-52(43(48)59)31-3-2-14-51(25-31)36-21-45-38(39(44)55)34(46-36)20-26-4-7-30(8-5-26)50-16-13-28-12-15-49(23-29(28)24-50)22-27-6-9-32-33(19-27)42(58)53(41(32)57)35-10-11-37(54)47-40(35)56/h4-9,19,21,28-29,31,35H,2-3,10-18,20,22-25H2,1H3,(H2,44,55)(H,47,54,56)/t28?,29?,31-,35?/m1/s1. The van der Waals surface area contributed by atoms with Crippen molar-refractivity contribution in [3.05, 3.63) is 82.3 Å². The molecule has 1 aromatic heterocycles. The number of carbonyl (C=O) groups is 6. The summed E-state index contributed by atoms with van der Waals surface area (Å²) >= 11 is 0. The molecule has 3 aromatic rings. The Balaban J connectivity index is 0.827. The maximum atomic E-state index is 13.4. The second kappa shape index (κ2) is 15.7. The van der Waals surface area contributed by atoms with E-state index in [0.717, 1.165) is 93.2 Å². The summed E-state index contributed by atoms with van der Waals surface area (Å²) in [5, 5.41) is 2.25. The number of likely N-dealkylation sites (tertiary alicyclic amines) is 1. The Kier molecular flexibility index (Phi) is 10.3. The van der Waals surface area contributed by atoms with Crippen molar-refractivity contribution in [1.29, 1.82) is 0 Å². The molecule has 6 aliphatic heterocycles. The lowest BCUT2D eigenvalue weighted by Gasteiger charge is -2.45. The molecular formula is C43H50N10O6. The number of urea groups is 1. The molecule has 7 heterocycles. The van der Waals surface area contributed by atoms with Gasteiger partial charge in [0.25, 0.3) is 17.7 Å². The number of piperidine rings is 4. The molecule has 0 radical (unpaired) electrons. The van der Waals surface area contributed by atoms with Gasteiger partial charge in [-0.05, 0) is 85.9 Å². The molecule has 59 heavy (non-hydrogen) atoms. The molecule has 5 fully saturated rings. The highest BCUT2D eigenvalue weighted by Crippen LogP contribution is 2.35. The number of imide groups is 2. The van der Waals surface area contributed by atoms with Crippen molar-refractivity contribution in [1.82, 2.24) is 34.9 Å². The second-order valence-corrected chi connectivity index (χ2v) is 17.0. The van der Waals surface area contributed by atoms with Gasteiger partial charge in [-0.25, -0.2) is 14.8 Å². The Morgan fingerprint density at radius 1 is 0.814 bits per heavy atom. The maximum Gasteiger partial charge on any atom is 0.320 e. The molecule has 5 saturated heterocycles. The van der Waals surface area contributed by atoms with Gasteiger partial charge in [-0.1, -0.05) is 18.2 Å². The number of aromatic nitrogens is 2. The van der Waals surface area contributed by atoms with Crippen molar-refractivity contribution in [2.24, 2.45) is 17.6 Å². The molecule has 308 valence electrons. The van der Waals surface area contributed by atoms with Crippen LogP contribution in [0.5, 0.6) is 0 Å². The average molecular weight is 803 g/mol. The van der Waals surface area contributed by atoms with E-state index in [1.807, 2.05) is 18.0 Å². The summed E-state index contributed by atoms with van der Waals surface area (Å²) in [6.07, 6.45) is 6.32. The zero-order chi connectivity index (χ0) is 40.9. The number of nitrogens with one attached hydrogen (secondary N) is 1. The normalized spacial score (nSPS) is 25.1. The van der Waals surface area contributed by atoms with Crippen molar-refractivity contribution in [2.45, 2.75) is 63.6 Å². The summed E-state index contributed by atoms with van der Waals surface area (Å²) in [5.74, 6) is -0.812. The lowest BCUT2D eigenvalue weighted by Crippen LogP contribution is -2.54. The van der Waals surface area contributed by atoms with E-state index in [1.165, 1.54) is 0 Å². The van der Waals surface area contributed by atoms with Crippen molar-refractivity contribution in [3.8, 4) is 0 Å². The Morgan fingerprint density at radius 3 is 2.36 bits per heavy atom. The minimum Gasteiger partial charge on any atom is -0.371 e. The van der Waals surface area contributed by atoms with Gasteiger partial charge in [-0.2, -0.15) is 0 Å². The van der Waals surface area contributed by atoms with Gasteiger partial charge in [-0.3, -0.25) is 39.1 Å². The molecule has 7 amide bonds. The zero-order valence-electron chi connectivity index (χ0n) is 33.3. The van der Waals surface area contributed by atoms with E-state index < -0.39 is 35.6 Å². The van der Waals surface area contributed by atoms with Crippen LogP contribution < -0.4 is 20.9 Å². The molecule has 0 aliphatic carbocycles. The fourth-order valence-electron chi connectivity index (χ4n) is 10.0. The van der Waals surface area contributed by atoms with Crippen LogP contribution in [0.2, 0.25) is 0 Å². The molecule has 0 saturated carbocycles. The van der Waals surface area contributed by atoms with E-state index in [2.05, 4.69) is 49.3 Å². The van der Waals surface area contributed by atoms with Gasteiger partial charge >= 0.3 is 6.03 Å². The molecule has 3 unspecified atom stereocenters. The third kappa shape index (κ3) is 7.49. The smallest absolute Gasteiger partial charge is 0.320 e. The van der Waals surface area contributed by atoms with Gasteiger partial charge in [0.15, 0.2) is 0 Å². The van der Waals surface area contributed by atoms with Crippen LogP contribution in [0.3, 0.4) is 0 Å². The van der Waals surface area contributed by atoms with Gasteiger partial charge in [-0.15, -0.1) is 0 Å². The number of nitrogens with two attached hydrogens (primary N) is 1. The van der Waals surface area contributed by atoms with Crippen LogP contribution in [0.1, 0.15) is 86.6 Å². The largest absolute Gasteiger partial charge is 0.371 e. The third-order valence-corrected chi connectivity index (χ3v) is 13.3. The first-order chi connectivity index (χ1) is 28.5. The number of primary amides is 1. The Bertz CT molecular complexity index is 2210. The van der Waals surface area contributed by atoms with Crippen molar-refractivity contribution >= 4 is 47.1 Å². The quantitative estimate of drug-likeness (QED) is 0.303. The average Bonchev–Trinajstić information content (AvgIpc) is 3.70. The summed E-state index contributed by atoms with van der Waals surface area (Å²) in [5.41, 5.74) is 10.2. The number of rotatable bonds is 9. The predicted molar refractivity (Wildman–Crippen MR) is 217 cm³/mol. The van der Waals surface area contributed by atoms with E-state index in [-0.39, 0.29) is 30.6 Å². The summed E-state index contributed by atoms with van der Waals surface area (Å²) in [6.45, 7) is 7.33. The van der Waals surface area contributed by atoms with Gasteiger partial charge < -0.3 is 25.3 Å². The summed E-state index contributed by atoms with van der Waals surface area (Å²) in [6, 6.07) is 13.0. The van der Waals surface area contributed by atoms with Gasteiger partial charge in [0.05, 0.1) is 29.1 Å². The van der Waals surface area contributed by atoms with Gasteiger partial charge in [0, 0.05) is 77.9 Å². The van der Waals surface area contributed by atoms with Crippen LogP contribution >= 0.6 is 0 Å². The number of amides is 7. The lowest BCUT2D eigenvalue weighted by molar-refractivity contribution is -0.136. The summed E-state index contributed by atoms with van der Waals surface area (Å²) in [4.78, 5) is 97.1. The fraction of sp³-hybridized carbons (Fsp3) is 0.488. The minimum absolute atomic E-state index is 0.0657. The molecule has 6 aliphatic rings. The molecule has 9 rings (SSSR count). The van der Waals surface area contributed by atoms with Gasteiger partial charge in [0.1, 0.15) is 17.6 Å². The highest BCUT2D eigenvalue weighted by Gasteiger charge is 2.45. The topological polar surface area (TPSA) is 186 Å². The Hall–Kier alpha value is -5.90. The first-order valence-electron chi connectivity index (χ1n) is 20.8. The summed E-state index contributed by atoms with van der Waals surface area (Å²) < 4.78 is 0. The van der Waals surface area contributed by atoms with Crippen molar-refractivity contribution in [2.75, 3.05) is 69.2 Å². The maximum absolute atomic E-state index is 13.4. The van der Waals surface area contributed by atoms with Gasteiger partial charge in [0.2, 0.25) is 11.8 Å². The SMILES string of the molecule is CN1CCN([C@@H]2CCCN(c3cnc(C(N)=O)c(Cc4ccc(N5CCC6CCN(Cc7ccc8c(c7)C(=O)N(C7CCC(=O)NC7=O)C8=O)CC6C5)cc4)n3)C2)C1=O. The molecule has 0 spiro atoms. The number of fused-ring (bicyclic) bond motifs is 2. The van der Waals surface area contributed by atoms with E-state index in [9.17, 15) is 28.8 Å². The second-order valence-electron chi connectivity index (χ2n) is 17.0. The number of benzene rings is 2. The van der Waals surface area contributed by atoms with E-state index in [0.29, 0.717) is 54.0 Å². The van der Waals surface area contributed by atoms with Crippen LogP contribution in [0.25, 0.3) is 0 Å². The lowest BCUT2D eigenvalue weighted by atomic mass is 9.80. The van der Waals surface area contributed by atoms with E-state index >= 15 is 0 Å². The number of carbonyl (C=O) groups excluding carboxylic acids is 6. The van der Waals surface area contributed by atoms with Crippen LogP contribution in [0.15, 0.2) is 48.7 Å². The van der Waals surface area contributed by atoms with Crippen LogP contribution in [0.4, 0.5) is 16.3 Å². The molecule has 4 atom stereocenters. The number of anilines is 2. The number of hydrogen-bond acceptors (Lipinski definition) is 11. The van der Waals surface area contributed by atoms with Crippen molar-refractivity contribution < 1.29 is 28.8 Å². The first-order valence-corrected chi connectivity index (χ1v) is 20.8. The first kappa shape index (κ1) is 38.6. The zero-order valence-corrected chi connectivity index (χ0v) is 33.3. The van der Waals surface area contributed by atoms with Crippen LogP contribution in [-0.4, -0.2) is 137 Å². The molecule has 16 heteroatoms. The highest BCUT2D eigenvalue weighted by atomic mass is 16.2. The minimum atomic E-state index is -0.981. The fourth-order valence-corrected chi connectivity index (χ4v) is 10.0. The number of likely N-dealkylation sites (N-methyl/N-ethyl adjacent to an activating group) is 1.